The van der Waals surface area contributed by atoms with Gasteiger partial charge in [0.15, 0.2) is 0 Å². The lowest BCUT2D eigenvalue weighted by molar-refractivity contribution is -0.122. The average Bonchev–Trinajstić information content (AvgIpc) is 2.87. The molecule has 5 heteroatoms. The van der Waals surface area contributed by atoms with E-state index in [0.717, 1.165) is 16.7 Å². The average molecular weight is 358 g/mol. The Bertz CT molecular complexity index is 729. The Morgan fingerprint density at radius 3 is 2.04 bits per heavy atom. The van der Waals surface area contributed by atoms with Crippen molar-refractivity contribution in [2.75, 3.05) is 13.6 Å². The third-order valence-corrected chi connectivity index (χ3v) is 4.67. The number of phenolic OH excluding ortho intramolecular Hbond substituents is 1. The fourth-order valence-corrected chi connectivity index (χ4v) is 3.16. The summed E-state index contributed by atoms with van der Waals surface area (Å²) in [6.45, 7) is 12.7. The lowest BCUT2D eigenvalue weighted by Crippen LogP contribution is -2.38. The van der Waals surface area contributed by atoms with Crippen molar-refractivity contribution in [2.45, 2.75) is 58.8 Å². The Morgan fingerprint density at radius 1 is 1.12 bits per heavy atom. The van der Waals surface area contributed by atoms with E-state index in [0.29, 0.717) is 24.3 Å². The van der Waals surface area contributed by atoms with E-state index in [4.69, 9.17) is 0 Å². The minimum Gasteiger partial charge on any atom is -0.507 e. The highest BCUT2D eigenvalue weighted by Crippen LogP contribution is 2.40. The van der Waals surface area contributed by atoms with Gasteiger partial charge in [-0.05, 0) is 41.0 Å². The number of imide groups is 1. The van der Waals surface area contributed by atoms with Gasteiger partial charge in [-0.1, -0.05) is 41.5 Å². The van der Waals surface area contributed by atoms with Crippen LogP contribution in [0.2, 0.25) is 0 Å². The van der Waals surface area contributed by atoms with Crippen molar-refractivity contribution >= 4 is 18.0 Å². The molecule has 5 nitrogen and oxygen atoms in total. The maximum atomic E-state index is 12.5. The van der Waals surface area contributed by atoms with E-state index < -0.39 is 0 Å². The van der Waals surface area contributed by atoms with Crippen LogP contribution in [0.1, 0.15) is 64.7 Å². The molecule has 2 rings (SSSR count). The van der Waals surface area contributed by atoms with Crippen LogP contribution in [0.5, 0.6) is 5.75 Å². The molecule has 0 radical (unpaired) electrons. The fraction of sp³-hybridized carbons (Fsp3) is 0.524. The summed E-state index contributed by atoms with van der Waals surface area (Å²) in [4.78, 5) is 25.5. The van der Waals surface area contributed by atoms with E-state index in [1.165, 1.54) is 11.9 Å². The van der Waals surface area contributed by atoms with Crippen molar-refractivity contribution in [1.82, 2.24) is 10.2 Å². The van der Waals surface area contributed by atoms with Gasteiger partial charge in [0.2, 0.25) is 0 Å². The number of carbonyl (C=O) groups is 2. The maximum Gasteiger partial charge on any atom is 0.324 e. The first-order chi connectivity index (χ1) is 11.9. The van der Waals surface area contributed by atoms with E-state index in [1.807, 2.05) is 18.2 Å². The molecule has 1 fully saturated rings. The van der Waals surface area contributed by atoms with Gasteiger partial charge < -0.3 is 10.4 Å². The highest BCUT2D eigenvalue weighted by atomic mass is 16.3. The number of likely N-dealkylation sites (tertiary alicyclic amines) is 1. The summed E-state index contributed by atoms with van der Waals surface area (Å²) in [5.41, 5.74) is 2.73. The van der Waals surface area contributed by atoms with Gasteiger partial charge >= 0.3 is 6.03 Å². The number of hydrogen-bond donors (Lipinski definition) is 2. The Morgan fingerprint density at radius 2 is 1.62 bits per heavy atom. The molecular weight excluding hydrogens is 328 g/mol. The number of nitrogens with zero attached hydrogens (tertiary/aromatic N) is 1. The molecule has 0 unspecified atom stereocenters. The summed E-state index contributed by atoms with van der Waals surface area (Å²) in [5, 5.41) is 13.3. The summed E-state index contributed by atoms with van der Waals surface area (Å²) in [5.74, 6) is 0.0592. The van der Waals surface area contributed by atoms with Crippen molar-refractivity contribution in [1.29, 1.82) is 0 Å². The van der Waals surface area contributed by atoms with E-state index in [1.54, 1.807) is 0 Å². The molecule has 1 heterocycles. The van der Waals surface area contributed by atoms with Gasteiger partial charge in [0.1, 0.15) is 5.75 Å². The van der Waals surface area contributed by atoms with E-state index in [-0.39, 0.29) is 22.8 Å². The standard InChI is InChI=1S/C21H30N2O3/c1-20(2,3)15-11-13(12-16(17(15)24)21(4,5)6)10-14-8-9-23(18(14)25)19(26)22-7/h10-12,24H,8-9H2,1-7H3,(H,22,26). The summed E-state index contributed by atoms with van der Waals surface area (Å²) in [7, 11) is 1.52. The first-order valence-electron chi connectivity index (χ1n) is 8.98. The molecular formula is C21H30N2O3. The largest absolute Gasteiger partial charge is 0.507 e. The minimum atomic E-state index is -0.380. The van der Waals surface area contributed by atoms with Crippen LogP contribution in [-0.2, 0) is 15.6 Å². The first kappa shape index (κ1) is 20.0. The van der Waals surface area contributed by atoms with Crippen LogP contribution in [0.25, 0.3) is 6.08 Å². The molecule has 0 aromatic heterocycles. The Balaban J connectivity index is 2.54. The second kappa shape index (κ2) is 6.78. The lowest BCUT2D eigenvalue weighted by atomic mass is 9.78. The van der Waals surface area contributed by atoms with Gasteiger partial charge in [-0.25, -0.2) is 4.79 Å². The molecule has 2 N–H and O–H groups in total. The first-order valence-corrected chi connectivity index (χ1v) is 8.98. The summed E-state index contributed by atoms with van der Waals surface area (Å²) < 4.78 is 0. The van der Waals surface area contributed by atoms with Gasteiger partial charge in [-0.2, -0.15) is 0 Å². The smallest absolute Gasteiger partial charge is 0.324 e. The molecule has 3 amide bonds. The molecule has 0 saturated carbocycles. The number of phenols is 1. The van der Waals surface area contributed by atoms with Gasteiger partial charge in [0.25, 0.3) is 5.91 Å². The summed E-state index contributed by atoms with van der Waals surface area (Å²) in [6.07, 6.45) is 2.37. The lowest BCUT2D eigenvalue weighted by Gasteiger charge is -2.28. The Kier molecular flexibility index (Phi) is 5.22. The quantitative estimate of drug-likeness (QED) is 0.747. The van der Waals surface area contributed by atoms with Crippen LogP contribution >= 0.6 is 0 Å². The van der Waals surface area contributed by atoms with E-state index >= 15 is 0 Å². The molecule has 26 heavy (non-hydrogen) atoms. The van der Waals surface area contributed by atoms with Crippen molar-refractivity contribution < 1.29 is 14.7 Å². The van der Waals surface area contributed by atoms with Crippen LogP contribution < -0.4 is 5.32 Å². The molecule has 0 atom stereocenters. The van der Waals surface area contributed by atoms with Crippen LogP contribution in [-0.4, -0.2) is 35.5 Å². The van der Waals surface area contributed by atoms with Crippen LogP contribution in [0.4, 0.5) is 4.79 Å². The number of hydrogen-bond acceptors (Lipinski definition) is 3. The van der Waals surface area contributed by atoms with Gasteiger partial charge in [0, 0.05) is 30.3 Å². The maximum absolute atomic E-state index is 12.5. The molecule has 0 spiro atoms. The second-order valence-electron chi connectivity index (χ2n) is 8.90. The third kappa shape index (κ3) is 3.92. The highest BCUT2D eigenvalue weighted by molar-refractivity contribution is 6.08. The second-order valence-corrected chi connectivity index (χ2v) is 8.90. The van der Waals surface area contributed by atoms with Gasteiger partial charge in [-0.3, -0.25) is 9.69 Å². The molecule has 0 aliphatic carbocycles. The van der Waals surface area contributed by atoms with Crippen molar-refractivity contribution in [3.63, 3.8) is 0 Å². The molecule has 1 saturated heterocycles. The number of urea groups is 1. The Labute approximate surface area is 156 Å². The predicted octanol–water partition coefficient (Wildman–Crippen LogP) is 3.94. The van der Waals surface area contributed by atoms with Crippen LogP contribution in [0.15, 0.2) is 17.7 Å². The zero-order chi connectivity index (χ0) is 19.9. The summed E-state index contributed by atoms with van der Waals surface area (Å²) in [6, 6.07) is 3.50. The zero-order valence-corrected chi connectivity index (χ0v) is 16.9. The molecule has 0 bridgehead atoms. The molecule has 1 aliphatic heterocycles. The summed E-state index contributed by atoms with van der Waals surface area (Å²) >= 11 is 0. The minimum absolute atomic E-state index is 0.230. The predicted molar refractivity (Wildman–Crippen MR) is 104 cm³/mol. The van der Waals surface area contributed by atoms with E-state index in [2.05, 4.69) is 46.9 Å². The van der Waals surface area contributed by atoms with Gasteiger partial charge in [0.05, 0.1) is 0 Å². The number of nitrogens with one attached hydrogen (secondary N) is 1. The van der Waals surface area contributed by atoms with Crippen LogP contribution in [0.3, 0.4) is 0 Å². The number of carbonyl (C=O) groups excluding carboxylic acids is 2. The number of benzene rings is 1. The Hall–Kier alpha value is -2.30. The number of amides is 3. The van der Waals surface area contributed by atoms with Crippen molar-refractivity contribution in [3.05, 3.63) is 34.4 Å². The topological polar surface area (TPSA) is 69.6 Å². The van der Waals surface area contributed by atoms with Crippen LogP contribution in [0, 0.1) is 0 Å². The normalized spacial score (nSPS) is 17.1. The SMILES string of the molecule is CNC(=O)N1CCC(=Cc2cc(C(C)(C)C)c(O)c(C(C)(C)C)c2)C1=O. The number of aromatic hydroxyl groups is 1. The molecule has 1 aromatic carbocycles. The fourth-order valence-electron chi connectivity index (χ4n) is 3.16. The zero-order valence-electron chi connectivity index (χ0n) is 16.9. The molecule has 1 aliphatic rings. The number of rotatable bonds is 1. The highest BCUT2D eigenvalue weighted by Gasteiger charge is 2.31. The monoisotopic (exact) mass is 358 g/mol. The molecule has 1 aromatic rings. The van der Waals surface area contributed by atoms with Gasteiger partial charge in [-0.15, -0.1) is 0 Å². The van der Waals surface area contributed by atoms with Crippen molar-refractivity contribution in [2.24, 2.45) is 0 Å². The third-order valence-electron chi connectivity index (χ3n) is 4.67. The van der Waals surface area contributed by atoms with Crippen molar-refractivity contribution in [3.8, 4) is 5.75 Å². The molecule has 142 valence electrons. The van der Waals surface area contributed by atoms with E-state index in [9.17, 15) is 14.7 Å².